The standard InChI is InChI=1S/C10H9F2N/c11-8-2-1-3-9(12)10(8)7-4-5-13-6-7/h1-4,13H,5-6H2. The van der Waals surface area contributed by atoms with Gasteiger partial charge in [-0.15, -0.1) is 0 Å². The van der Waals surface area contributed by atoms with E-state index in [1.54, 1.807) is 0 Å². The van der Waals surface area contributed by atoms with Crippen LogP contribution in [0.1, 0.15) is 5.56 Å². The molecular weight excluding hydrogens is 172 g/mol. The van der Waals surface area contributed by atoms with Gasteiger partial charge in [-0.25, -0.2) is 8.78 Å². The molecule has 68 valence electrons. The summed E-state index contributed by atoms with van der Waals surface area (Å²) >= 11 is 0. The average molecular weight is 181 g/mol. The summed E-state index contributed by atoms with van der Waals surface area (Å²) in [5, 5.41) is 3.00. The molecule has 1 heterocycles. The Morgan fingerprint density at radius 1 is 1.15 bits per heavy atom. The lowest BCUT2D eigenvalue weighted by molar-refractivity contribution is 0.576. The molecule has 0 aromatic heterocycles. The maximum Gasteiger partial charge on any atom is 0.133 e. The Morgan fingerprint density at radius 3 is 2.38 bits per heavy atom. The van der Waals surface area contributed by atoms with E-state index in [4.69, 9.17) is 0 Å². The Morgan fingerprint density at radius 2 is 1.85 bits per heavy atom. The predicted octanol–water partition coefficient (Wildman–Crippen LogP) is 1.95. The van der Waals surface area contributed by atoms with Crippen LogP contribution in [0.3, 0.4) is 0 Å². The van der Waals surface area contributed by atoms with Crippen molar-refractivity contribution in [3.05, 3.63) is 41.5 Å². The lowest BCUT2D eigenvalue weighted by atomic mass is 10.1. The highest BCUT2D eigenvalue weighted by molar-refractivity contribution is 5.69. The first-order valence-corrected chi connectivity index (χ1v) is 4.13. The Balaban J connectivity index is 2.49. The monoisotopic (exact) mass is 181 g/mol. The van der Waals surface area contributed by atoms with Crippen LogP contribution in [0.15, 0.2) is 24.3 Å². The topological polar surface area (TPSA) is 12.0 Å². The summed E-state index contributed by atoms with van der Waals surface area (Å²) in [6.45, 7) is 1.22. The summed E-state index contributed by atoms with van der Waals surface area (Å²) in [7, 11) is 0. The first kappa shape index (κ1) is 8.38. The van der Waals surface area contributed by atoms with E-state index < -0.39 is 11.6 Å². The number of hydrogen-bond acceptors (Lipinski definition) is 1. The summed E-state index contributed by atoms with van der Waals surface area (Å²) in [6, 6.07) is 3.92. The van der Waals surface area contributed by atoms with Gasteiger partial charge in [-0.2, -0.15) is 0 Å². The van der Waals surface area contributed by atoms with Gasteiger partial charge in [-0.05, 0) is 17.7 Å². The second-order valence-corrected chi connectivity index (χ2v) is 2.96. The zero-order valence-electron chi connectivity index (χ0n) is 6.98. The van der Waals surface area contributed by atoms with Gasteiger partial charge in [0.05, 0.1) is 5.56 Å². The van der Waals surface area contributed by atoms with Gasteiger partial charge in [0, 0.05) is 13.1 Å². The molecule has 2 rings (SSSR count). The molecule has 0 amide bonds. The summed E-state index contributed by atoms with van der Waals surface area (Å²) in [5.74, 6) is -0.982. The van der Waals surface area contributed by atoms with E-state index in [2.05, 4.69) is 5.32 Å². The second-order valence-electron chi connectivity index (χ2n) is 2.96. The highest BCUT2D eigenvalue weighted by Crippen LogP contribution is 2.22. The number of rotatable bonds is 1. The van der Waals surface area contributed by atoms with E-state index in [1.165, 1.54) is 18.2 Å². The third-order valence-corrected chi connectivity index (χ3v) is 2.09. The molecular formula is C10H9F2N. The van der Waals surface area contributed by atoms with E-state index in [0.29, 0.717) is 18.7 Å². The maximum absolute atomic E-state index is 13.2. The van der Waals surface area contributed by atoms with Crippen molar-refractivity contribution in [2.24, 2.45) is 0 Å². The molecule has 1 aromatic carbocycles. The molecule has 0 spiro atoms. The van der Waals surface area contributed by atoms with E-state index >= 15 is 0 Å². The highest BCUT2D eigenvalue weighted by Gasteiger charge is 2.15. The smallest absolute Gasteiger partial charge is 0.133 e. The molecule has 3 heteroatoms. The van der Waals surface area contributed by atoms with Crippen LogP contribution in [0.4, 0.5) is 8.78 Å². The van der Waals surface area contributed by atoms with Gasteiger partial charge in [-0.3, -0.25) is 0 Å². The molecule has 0 bridgehead atoms. The Hall–Kier alpha value is -1.22. The lowest BCUT2D eigenvalue weighted by Crippen LogP contribution is -2.08. The molecule has 0 unspecified atom stereocenters. The fourth-order valence-corrected chi connectivity index (χ4v) is 1.47. The van der Waals surface area contributed by atoms with E-state index in [9.17, 15) is 8.78 Å². The second kappa shape index (κ2) is 3.26. The minimum atomic E-state index is -0.491. The number of nitrogens with one attached hydrogen (secondary N) is 1. The normalized spacial score (nSPS) is 16.0. The summed E-state index contributed by atoms with van der Waals surface area (Å²) in [6.07, 6.45) is 1.81. The van der Waals surface area contributed by atoms with Crippen LogP contribution in [-0.4, -0.2) is 13.1 Å². The van der Waals surface area contributed by atoms with Crippen LogP contribution in [0, 0.1) is 11.6 Å². The van der Waals surface area contributed by atoms with Gasteiger partial charge < -0.3 is 5.32 Å². The van der Waals surface area contributed by atoms with Crippen LogP contribution < -0.4 is 5.32 Å². The van der Waals surface area contributed by atoms with Crippen LogP contribution in [0.25, 0.3) is 5.57 Å². The number of benzene rings is 1. The predicted molar refractivity (Wildman–Crippen MR) is 47.2 cm³/mol. The third kappa shape index (κ3) is 1.47. The minimum absolute atomic E-state index is 0.104. The van der Waals surface area contributed by atoms with Crippen LogP contribution in [-0.2, 0) is 0 Å². The third-order valence-electron chi connectivity index (χ3n) is 2.09. The largest absolute Gasteiger partial charge is 0.309 e. The first-order valence-electron chi connectivity index (χ1n) is 4.13. The molecule has 1 N–H and O–H groups in total. The van der Waals surface area contributed by atoms with Crippen molar-refractivity contribution in [2.45, 2.75) is 0 Å². The summed E-state index contributed by atoms with van der Waals surface area (Å²) in [4.78, 5) is 0. The Labute approximate surface area is 75.1 Å². The molecule has 0 atom stereocenters. The van der Waals surface area contributed by atoms with Crippen LogP contribution in [0.5, 0.6) is 0 Å². The molecule has 0 fully saturated rings. The molecule has 1 aliphatic heterocycles. The van der Waals surface area contributed by atoms with Crippen LogP contribution in [0.2, 0.25) is 0 Å². The van der Waals surface area contributed by atoms with E-state index in [1.807, 2.05) is 6.08 Å². The van der Waals surface area contributed by atoms with Gasteiger partial charge in [-0.1, -0.05) is 12.1 Å². The van der Waals surface area contributed by atoms with Crippen molar-refractivity contribution in [1.29, 1.82) is 0 Å². The SMILES string of the molecule is Fc1cccc(F)c1C1=CCNC1. The van der Waals surface area contributed by atoms with Crippen molar-refractivity contribution >= 4 is 5.57 Å². The van der Waals surface area contributed by atoms with Crippen molar-refractivity contribution in [3.8, 4) is 0 Å². The zero-order valence-corrected chi connectivity index (χ0v) is 6.98. The van der Waals surface area contributed by atoms with E-state index in [-0.39, 0.29) is 5.56 Å². The Kier molecular flexibility index (Phi) is 2.10. The van der Waals surface area contributed by atoms with E-state index in [0.717, 1.165) is 0 Å². The van der Waals surface area contributed by atoms with Crippen molar-refractivity contribution in [2.75, 3.05) is 13.1 Å². The lowest BCUT2D eigenvalue weighted by Gasteiger charge is -2.04. The first-order chi connectivity index (χ1) is 6.29. The molecule has 0 saturated heterocycles. The number of halogens is 2. The molecule has 1 aromatic rings. The quantitative estimate of drug-likeness (QED) is 0.698. The molecule has 1 nitrogen and oxygen atoms in total. The van der Waals surface area contributed by atoms with Crippen molar-refractivity contribution in [1.82, 2.24) is 5.32 Å². The van der Waals surface area contributed by atoms with Gasteiger partial charge in [0.2, 0.25) is 0 Å². The summed E-state index contributed by atoms with van der Waals surface area (Å²) < 4.78 is 26.4. The maximum atomic E-state index is 13.2. The molecule has 0 saturated carbocycles. The highest BCUT2D eigenvalue weighted by atomic mass is 19.1. The molecule has 0 aliphatic carbocycles. The fraction of sp³-hybridized carbons (Fsp3) is 0.200. The number of hydrogen-bond donors (Lipinski definition) is 1. The van der Waals surface area contributed by atoms with Crippen molar-refractivity contribution < 1.29 is 8.78 Å². The Bertz CT molecular complexity index is 338. The van der Waals surface area contributed by atoms with Crippen LogP contribution >= 0.6 is 0 Å². The van der Waals surface area contributed by atoms with Gasteiger partial charge >= 0.3 is 0 Å². The molecule has 13 heavy (non-hydrogen) atoms. The van der Waals surface area contributed by atoms with Crippen molar-refractivity contribution in [3.63, 3.8) is 0 Å². The zero-order chi connectivity index (χ0) is 9.26. The molecule has 0 radical (unpaired) electrons. The average Bonchev–Trinajstić information content (AvgIpc) is 2.57. The summed E-state index contributed by atoms with van der Waals surface area (Å²) in [5.41, 5.74) is 0.808. The van der Waals surface area contributed by atoms with Gasteiger partial charge in [0.1, 0.15) is 11.6 Å². The van der Waals surface area contributed by atoms with Gasteiger partial charge in [0.15, 0.2) is 0 Å². The van der Waals surface area contributed by atoms with Gasteiger partial charge in [0.25, 0.3) is 0 Å². The molecule has 1 aliphatic rings. The fourth-order valence-electron chi connectivity index (χ4n) is 1.47. The minimum Gasteiger partial charge on any atom is -0.309 e.